The van der Waals surface area contributed by atoms with Crippen molar-refractivity contribution < 1.29 is 9.84 Å². The minimum absolute atomic E-state index is 0.0340. The lowest BCUT2D eigenvalue weighted by Crippen LogP contribution is -2.31. The molecular formula is C16H21NO2S. The number of aliphatic hydroxyl groups is 1. The molecule has 2 unspecified atom stereocenters. The van der Waals surface area contributed by atoms with Gasteiger partial charge in [0.2, 0.25) is 0 Å². The molecule has 4 heteroatoms. The summed E-state index contributed by atoms with van der Waals surface area (Å²) in [4.78, 5) is 2.37. The number of aliphatic hydroxyl groups excluding tert-OH is 1. The molecule has 2 rings (SSSR count). The number of hydrogen-bond donors (Lipinski definition) is 2. The van der Waals surface area contributed by atoms with Crippen LogP contribution in [0.1, 0.15) is 34.8 Å². The van der Waals surface area contributed by atoms with Crippen molar-refractivity contribution in [1.82, 2.24) is 0 Å². The predicted molar refractivity (Wildman–Crippen MR) is 83.1 cm³/mol. The van der Waals surface area contributed by atoms with Crippen molar-refractivity contribution in [2.24, 2.45) is 5.73 Å². The van der Waals surface area contributed by atoms with E-state index in [0.717, 1.165) is 16.9 Å². The van der Waals surface area contributed by atoms with Gasteiger partial charge < -0.3 is 15.6 Å². The minimum atomic E-state index is -0.175. The smallest absolute Gasteiger partial charge is 0.148 e. The molecule has 0 aliphatic rings. The van der Waals surface area contributed by atoms with Gasteiger partial charge in [0.15, 0.2) is 0 Å². The van der Waals surface area contributed by atoms with Crippen LogP contribution in [0.2, 0.25) is 0 Å². The van der Waals surface area contributed by atoms with Crippen molar-refractivity contribution in [1.29, 1.82) is 0 Å². The monoisotopic (exact) mass is 291 g/mol. The zero-order valence-corrected chi connectivity index (χ0v) is 12.7. The van der Waals surface area contributed by atoms with E-state index in [0.29, 0.717) is 5.75 Å². The van der Waals surface area contributed by atoms with E-state index in [1.807, 2.05) is 24.3 Å². The maximum absolute atomic E-state index is 9.39. The fraction of sp³-hybridized carbons (Fsp3) is 0.375. The average molecular weight is 291 g/mol. The highest BCUT2D eigenvalue weighted by molar-refractivity contribution is 7.12. The summed E-state index contributed by atoms with van der Waals surface area (Å²) in [5.41, 5.74) is 7.00. The van der Waals surface area contributed by atoms with Gasteiger partial charge in [0.25, 0.3) is 0 Å². The van der Waals surface area contributed by atoms with Crippen LogP contribution in [-0.2, 0) is 6.61 Å². The molecule has 1 aromatic heterocycles. The Balaban J connectivity index is 2.28. The number of benzene rings is 1. The summed E-state index contributed by atoms with van der Waals surface area (Å²) in [6, 6.07) is 11.6. The third-order valence-electron chi connectivity index (χ3n) is 3.30. The molecule has 0 saturated heterocycles. The molecule has 1 heterocycles. The van der Waals surface area contributed by atoms with Gasteiger partial charge in [-0.2, -0.15) is 0 Å². The lowest BCUT2D eigenvalue weighted by atomic mass is 10.1. The molecule has 0 saturated carbocycles. The summed E-state index contributed by atoms with van der Waals surface area (Å²) < 4.78 is 6.11. The molecule has 20 heavy (non-hydrogen) atoms. The van der Waals surface area contributed by atoms with Crippen LogP contribution in [0.3, 0.4) is 0 Å². The Morgan fingerprint density at radius 2 is 2.00 bits per heavy atom. The second-order valence-electron chi connectivity index (χ2n) is 4.82. The maximum Gasteiger partial charge on any atom is 0.148 e. The summed E-state index contributed by atoms with van der Waals surface area (Å²) in [6.45, 7) is 4.09. The quantitative estimate of drug-likeness (QED) is 0.857. The molecule has 2 aromatic rings. The van der Waals surface area contributed by atoms with Crippen LogP contribution in [0.4, 0.5) is 0 Å². The first kappa shape index (κ1) is 15.0. The largest absolute Gasteiger partial charge is 0.483 e. The van der Waals surface area contributed by atoms with E-state index in [1.165, 1.54) is 4.88 Å². The van der Waals surface area contributed by atoms with E-state index in [9.17, 15) is 5.11 Å². The van der Waals surface area contributed by atoms with Crippen LogP contribution >= 0.6 is 11.3 Å². The number of aryl methyl sites for hydroxylation is 1. The number of rotatable bonds is 6. The van der Waals surface area contributed by atoms with E-state index in [-0.39, 0.29) is 18.8 Å². The van der Waals surface area contributed by atoms with Crippen LogP contribution in [0.5, 0.6) is 5.75 Å². The standard InChI is InChI=1S/C16H21NO2S/c1-3-13(17)16(15-9-8-11(2)20-15)19-14-7-5-4-6-12(14)10-18/h4-9,13,16,18H,3,10,17H2,1-2H3. The normalized spacial score (nSPS) is 14.0. The van der Waals surface area contributed by atoms with Gasteiger partial charge in [-0.25, -0.2) is 0 Å². The summed E-state index contributed by atoms with van der Waals surface area (Å²) in [5.74, 6) is 0.704. The first-order chi connectivity index (χ1) is 9.65. The second kappa shape index (κ2) is 6.88. The average Bonchev–Trinajstić information content (AvgIpc) is 2.90. The van der Waals surface area contributed by atoms with Crippen molar-refractivity contribution in [3.63, 3.8) is 0 Å². The first-order valence-corrected chi connectivity index (χ1v) is 7.64. The number of hydrogen-bond acceptors (Lipinski definition) is 4. The highest BCUT2D eigenvalue weighted by Gasteiger charge is 2.23. The van der Waals surface area contributed by atoms with Gasteiger partial charge in [-0.1, -0.05) is 25.1 Å². The number of nitrogens with two attached hydrogens (primary N) is 1. The maximum atomic E-state index is 9.39. The zero-order valence-electron chi connectivity index (χ0n) is 11.9. The van der Waals surface area contributed by atoms with Gasteiger partial charge in [-0.05, 0) is 31.5 Å². The molecule has 3 N–H and O–H groups in total. The summed E-state index contributed by atoms with van der Waals surface area (Å²) in [5, 5.41) is 9.39. The Bertz CT molecular complexity index is 553. The highest BCUT2D eigenvalue weighted by atomic mass is 32.1. The fourth-order valence-corrected chi connectivity index (χ4v) is 3.05. The molecule has 0 radical (unpaired) electrons. The number of para-hydroxylation sites is 1. The summed E-state index contributed by atoms with van der Waals surface area (Å²) in [6.07, 6.45) is 0.662. The van der Waals surface area contributed by atoms with Crippen molar-refractivity contribution in [3.8, 4) is 5.75 Å². The zero-order chi connectivity index (χ0) is 14.5. The van der Waals surface area contributed by atoms with Crippen LogP contribution in [0, 0.1) is 6.92 Å². The molecule has 0 aliphatic carbocycles. The van der Waals surface area contributed by atoms with E-state index in [1.54, 1.807) is 11.3 Å². The molecule has 0 bridgehead atoms. The SMILES string of the molecule is CCC(N)C(Oc1ccccc1CO)c1ccc(C)s1. The predicted octanol–water partition coefficient (Wildman–Crippen LogP) is 3.41. The lowest BCUT2D eigenvalue weighted by molar-refractivity contribution is 0.168. The lowest BCUT2D eigenvalue weighted by Gasteiger charge is -2.24. The van der Waals surface area contributed by atoms with Crippen LogP contribution in [-0.4, -0.2) is 11.1 Å². The highest BCUT2D eigenvalue weighted by Crippen LogP contribution is 2.31. The van der Waals surface area contributed by atoms with Crippen LogP contribution in [0.25, 0.3) is 0 Å². The van der Waals surface area contributed by atoms with Crippen LogP contribution < -0.4 is 10.5 Å². The fourth-order valence-electron chi connectivity index (χ4n) is 2.06. The third kappa shape index (κ3) is 3.39. The Kier molecular flexibility index (Phi) is 5.17. The Hall–Kier alpha value is -1.36. The first-order valence-electron chi connectivity index (χ1n) is 6.83. The molecule has 3 nitrogen and oxygen atoms in total. The van der Waals surface area contributed by atoms with E-state index >= 15 is 0 Å². The third-order valence-corrected chi connectivity index (χ3v) is 4.36. The van der Waals surface area contributed by atoms with Gasteiger partial charge in [-0.15, -0.1) is 11.3 Å². The summed E-state index contributed by atoms with van der Waals surface area (Å²) >= 11 is 1.70. The van der Waals surface area contributed by atoms with E-state index in [2.05, 4.69) is 26.0 Å². The van der Waals surface area contributed by atoms with Gasteiger partial charge in [0.05, 0.1) is 6.61 Å². The number of ether oxygens (including phenoxy) is 1. The molecule has 0 aliphatic heterocycles. The topological polar surface area (TPSA) is 55.5 Å². The van der Waals surface area contributed by atoms with E-state index < -0.39 is 0 Å². The molecule has 2 atom stereocenters. The molecule has 1 aromatic carbocycles. The van der Waals surface area contributed by atoms with Gasteiger partial charge >= 0.3 is 0 Å². The Morgan fingerprint density at radius 3 is 2.60 bits per heavy atom. The molecule has 0 amide bonds. The van der Waals surface area contributed by atoms with Crippen molar-refractivity contribution >= 4 is 11.3 Å². The second-order valence-corrected chi connectivity index (χ2v) is 6.14. The minimum Gasteiger partial charge on any atom is -0.483 e. The Morgan fingerprint density at radius 1 is 1.25 bits per heavy atom. The number of thiophene rings is 1. The molecule has 0 fully saturated rings. The molecule has 0 spiro atoms. The van der Waals surface area contributed by atoms with Crippen LogP contribution in [0.15, 0.2) is 36.4 Å². The molecule has 108 valence electrons. The van der Waals surface area contributed by atoms with Gasteiger partial charge in [-0.3, -0.25) is 0 Å². The van der Waals surface area contributed by atoms with E-state index in [4.69, 9.17) is 10.5 Å². The summed E-state index contributed by atoms with van der Waals surface area (Å²) in [7, 11) is 0. The van der Waals surface area contributed by atoms with Gasteiger partial charge in [0.1, 0.15) is 11.9 Å². The van der Waals surface area contributed by atoms with Gasteiger partial charge in [0, 0.05) is 21.4 Å². The van der Waals surface area contributed by atoms with Crippen molar-refractivity contribution in [3.05, 3.63) is 51.7 Å². The molecular weight excluding hydrogens is 270 g/mol. The van der Waals surface area contributed by atoms with Crippen molar-refractivity contribution in [2.45, 2.75) is 39.0 Å². The Labute approximate surface area is 124 Å². The van der Waals surface area contributed by atoms with Crippen molar-refractivity contribution in [2.75, 3.05) is 0 Å².